The van der Waals surface area contributed by atoms with E-state index in [1.165, 1.54) is 11.1 Å². The molecule has 5 heteroatoms. The number of aryl methyl sites for hydroxylation is 1. The Morgan fingerprint density at radius 2 is 2.22 bits per heavy atom. The number of rotatable bonds is 2. The average molecular weight is 322 g/mol. The van der Waals surface area contributed by atoms with E-state index in [2.05, 4.69) is 49.2 Å². The third-order valence-corrected chi connectivity index (χ3v) is 4.43. The van der Waals surface area contributed by atoms with Gasteiger partial charge in [0.15, 0.2) is 0 Å². The Balaban J connectivity index is 2.13. The minimum Gasteiger partial charge on any atom is -0.369 e. The molecule has 1 aromatic carbocycles. The van der Waals surface area contributed by atoms with Crippen molar-refractivity contribution in [2.24, 2.45) is 0 Å². The lowest BCUT2D eigenvalue weighted by molar-refractivity contribution is 0.836. The first-order chi connectivity index (χ1) is 8.65. The average Bonchev–Trinajstić information content (AvgIpc) is 2.86. The SMILES string of the molecule is Cc1cscc1Cn1c(N)nc2ccc(Br)cc21. The number of aromatic nitrogens is 2. The van der Waals surface area contributed by atoms with Gasteiger partial charge in [0.05, 0.1) is 17.6 Å². The maximum Gasteiger partial charge on any atom is 0.201 e. The molecule has 0 bridgehead atoms. The van der Waals surface area contributed by atoms with Crippen molar-refractivity contribution in [1.29, 1.82) is 0 Å². The summed E-state index contributed by atoms with van der Waals surface area (Å²) in [6.07, 6.45) is 0. The number of nitrogen functional groups attached to an aromatic ring is 1. The van der Waals surface area contributed by atoms with Crippen LogP contribution in [0, 0.1) is 6.92 Å². The van der Waals surface area contributed by atoms with E-state index in [4.69, 9.17) is 5.73 Å². The smallest absolute Gasteiger partial charge is 0.201 e. The number of benzene rings is 1. The molecule has 0 aliphatic heterocycles. The standard InChI is InChI=1S/C13H12BrN3S/c1-8-6-18-7-9(8)5-17-12-4-10(14)2-3-11(12)16-13(17)15/h2-4,6-7H,5H2,1H3,(H2,15,16). The van der Waals surface area contributed by atoms with Crippen molar-refractivity contribution in [1.82, 2.24) is 9.55 Å². The van der Waals surface area contributed by atoms with E-state index in [1.54, 1.807) is 11.3 Å². The second-order valence-corrected chi connectivity index (χ2v) is 5.93. The molecule has 0 saturated carbocycles. The first kappa shape index (κ1) is 11.7. The van der Waals surface area contributed by atoms with Crippen LogP contribution in [0.3, 0.4) is 0 Å². The van der Waals surface area contributed by atoms with Crippen molar-refractivity contribution in [3.8, 4) is 0 Å². The zero-order valence-corrected chi connectivity index (χ0v) is 12.3. The summed E-state index contributed by atoms with van der Waals surface area (Å²) >= 11 is 5.21. The summed E-state index contributed by atoms with van der Waals surface area (Å²) in [6.45, 7) is 2.89. The van der Waals surface area contributed by atoms with E-state index in [0.717, 1.165) is 22.1 Å². The summed E-state index contributed by atoms with van der Waals surface area (Å²) in [5, 5.41) is 4.32. The highest BCUT2D eigenvalue weighted by Crippen LogP contribution is 2.24. The minimum absolute atomic E-state index is 0.564. The molecule has 2 heterocycles. The fourth-order valence-electron chi connectivity index (χ4n) is 2.00. The number of hydrogen-bond acceptors (Lipinski definition) is 3. The Morgan fingerprint density at radius 3 is 2.94 bits per heavy atom. The normalized spacial score (nSPS) is 11.2. The molecule has 3 nitrogen and oxygen atoms in total. The highest BCUT2D eigenvalue weighted by atomic mass is 79.9. The Morgan fingerprint density at radius 1 is 1.39 bits per heavy atom. The van der Waals surface area contributed by atoms with Crippen LogP contribution in [-0.4, -0.2) is 9.55 Å². The van der Waals surface area contributed by atoms with Crippen LogP contribution in [-0.2, 0) is 6.54 Å². The van der Waals surface area contributed by atoms with E-state index in [0.29, 0.717) is 5.95 Å². The number of fused-ring (bicyclic) bond motifs is 1. The molecule has 0 unspecified atom stereocenters. The fourth-order valence-corrected chi connectivity index (χ4v) is 3.20. The molecular formula is C13H12BrN3S. The number of nitrogens with zero attached hydrogens (tertiary/aromatic N) is 2. The third-order valence-electron chi connectivity index (χ3n) is 3.03. The van der Waals surface area contributed by atoms with Gasteiger partial charge in [-0.15, -0.1) is 0 Å². The quantitative estimate of drug-likeness (QED) is 0.780. The van der Waals surface area contributed by atoms with Crippen LogP contribution in [0.15, 0.2) is 33.4 Å². The zero-order valence-electron chi connectivity index (χ0n) is 9.85. The summed E-state index contributed by atoms with van der Waals surface area (Å²) in [4.78, 5) is 4.39. The van der Waals surface area contributed by atoms with Gasteiger partial charge in [-0.25, -0.2) is 4.98 Å². The minimum atomic E-state index is 0.564. The fraction of sp³-hybridized carbons (Fsp3) is 0.154. The van der Waals surface area contributed by atoms with Crippen molar-refractivity contribution in [2.75, 3.05) is 5.73 Å². The Labute approximate surface area is 117 Å². The molecule has 3 rings (SSSR count). The second kappa shape index (κ2) is 4.40. The summed E-state index contributed by atoms with van der Waals surface area (Å²) in [7, 11) is 0. The van der Waals surface area contributed by atoms with Crippen molar-refractivity contribution in [3.05, 3.63) is 44.6 Å². The molecule has 0 aliphatic carbocycles. The van der Waals surface area contributed by atoms with E-state index in [1.807, 2.05) is 12.1 Å². The van der Waals surface area contributed by atoms with E-state index in [9.17, 15) is 0 Å². The molecule has 0 amide bonds. The Bertz CT molecular complexity index is 714. The topological polar surface area (TPSA) is 43.8 Å². The largest absolute Gasteiger partial charge is 0.369 e. The molecule has 0 radical (unpaired) electrons. The van der Waals surface area contributed by atoms with Crippen molar-refractivity contribution < 1.29 is 0 Å². The van der Waals surface area contributed by atoms with E-state index in [-0.39, 0.29) is 0 Å². The third kappa shape index (κ3) is 1.93. The Hall–Kier alpha value is -1.33. The van der Waals surface area contributed by atoms with Crippen LogP contribution in [0.4, 0.5) is 5.95 Å². The van der Waals surface area contributed by atoms with Gasteiger partial charge in [-0.2, -0.15) is 11.3 Å². The zero-order chi connectivity index (χ0) is 12.7. The first-order valence-corrected chi connectivity index (χ1v) is 7.31. The van der Waals surface area contributed by atoms with Gasteiger partial charge in [0.25, 0.3) is 0 Å². The monoisotopic (exact) mass is 321 g/mol. The van der Waals surface area contributed by atoms with Gasteiger partial charge in [0.1, 0.15) is 0 Å². The number of thiophene rings is 1. The van der Waals surface area contributed by atoms with Crippen LogP contribution in [0.2, 0.25) is 0 Å². The molecule has 18 heavy (non-hydrogen) atoms. The van der Waals surface area contributed by atoms with Gasteiger partial charge >= 0.3 is 0 Å². The number of imidazole rings is 1. The molecule has 2 aromatic heterocycles. The van der Waals surface area contributed by atoms with Gasteiger partial charge < -0.3 is 10.3 Å². The van der Waals surface area contributed by atoms with Gasteiger partial charge in [0, 0.05) is 4.47 Å². The molecule has 0 saturated heterocycles. The van der Waals surface area contributed by atoms with Gasteiger partial charge in [-0.3, -0.25) is 0 Å². The van der Waals surface area contributed by atoms with Crippen molar-refractivity contribution in [2.45, 2.75) is 13.5 Å². The number of hydrogen-bond donors (Lipinski definition) is 1. The van der Waals surface area contributed by atoms with Gasteiger partial charge in [0.2, 0.25) is 5.95 Å². The van der Waals surface area contributed by atoms with Crippen LogP contribution in [0.5, 0.6) is 0 Å². The maximum atomic E-state index is 6.01. The van der Waals surface area contributed by atoms with Crippen LogP contribution < -0.4 is 5.73 Å². The van der Waals surface area contributed by atoms with Crippen LogP contribution in [0.1, 0.15) is 11.1 Å². The summed E-state index contributed by atoms with van der Waals surface area (Å²) < 4.78 is 3.09. The molecule has 3 aromatic rings. The van der Waals surface area contributed by atoms with Gasteiger partial charge in [-0.05, 0) is 47.0 Å². The van der Waals surface area contributed by atoms with Crippen LogP contribution >= 0.6 is 27.3 Å². The molecule has 0 spiro atoms. The lowest BCUT2D eigenvalue weighted by atomic mass is 10.2. The molecule has 0 fully saturated rings. The predicted molar refractivity (Wildman–Crippen MR) is 80.0 cm³/mol. The van der Waals surface area contributed by atoms with E-state index >= 15 is 0 Å². The molecule has 92 valence electrons. The summed E-state index contributed by atoms with van der Waals surface area (Å²) in [5.74, 6) is 0.564. The number of halogens is 1. The molecular weight excluding hydrogens is 310 g/mol. The lowest BCUT2D eigenvalue weighted by Gasteiger charge is -2.06. The van der Waals surface area contributed by atoms with Crippen molar-refractivity contribution >= 4 is 44.2 Å². The number of nitrogens with two attached hydrogens (primary N) is 1. The lowest BCUT2D eigenvalue weighted by Crippen LogP contribution is -2.04. The predicted octanol–water partition coefficient (Wildman–Crippen LogP) is 3.80. The molecule has 0 aliphatic rings. The van der Waals surface area contributed by atoms with Gasteiger partial charge in [-0.1, -0.05) is 15.9 Å². The highest BCUT2D eigenvalue weighted by molar-refractivity contribution is 9.10. The second-order valence-electron chi connectivity index (χ2n) is 4.27. The maximum absolute atomic E-state index is 6.01. The number of anilines is 1. The first-order valence-electron chi connectivity index (χ1n) is 5.58. The van der Waals surface area contributed by atoms with E-state index < -0.39 is 0 Å². The summed E-state index contributed by atoms with van der Waals surface area (Å²) in [5.41, 5.74) is 10.6. The highest BCUT2D eigenvalue weighted by Gasteiger charge is 2.10. The molecule has 2 N–H and O–H groups in total. The van der Waals surface area contributed by atoms with Crippen LogP contribution in [0.25, 0.3) is 11.0 Å². The van der Waals surface area contributed by atoms with Crippen molar-refractivity contribution in [3.63, 3.8) is 0 Å². The summed E-state index contributed by atoms with van der Waals surface area (Å²) in [6, 6.07) is 6.02. The molecule has 0 atom stereocenters. The Kier molecular flexibility index (Phi) is 2.87.